The van der Waals surface area contributed by atoms with E-state index in [0.717, 1.165) is 44.9 Å². The Kier molecular flexibility index (Phi) is 5.41. The Morgan fingerprint density at radius 3 is 2.24 bits per heavy atom. The summed E-state index contributed by atoms with van der Waals surface area (Å²) in [6.07, 6.45) is 10.3. The molecule has 2 aliphatic rings. The van der Waals surface area contributed by atoms with E-state index in [0.29, 0.717) is 5.92 Å². The highest BCUT2D eigenvalue weighted by molar-refractivity contribution is 6.13. The highest BCUT2D eigenvalue weighted by Gasteiger charge is 2.41. The molecule has 0 saturated heterocycles. The van der Waals surface area contributed by atoms with Gasteiger partial charge in [-0.25, -0.2) is 0 Å². The second-order valence-electron chi connectivity index (χ2n) is 7.37. The van der Waals surface area contributed by atoms with Crippen LogP contribution in [0.25, 0.3) is 0 Å². The van der Waals surface area contributed by atoms with Crippen molar-refractivity contribution >= 4 is 11.8 Å². The quantitative estimate of drug-likeness (QED) is 0.666. The molecule has 1 aliphatic carbocycles. The van der Waals surface area contributed by atoms with Gasteiger partial charge in [0, 0.05) is 12.2 Å². The van der Waals surface area contributed by atoms with Crippen LogP contribution >= 0.6 is 0 Å². The van der Waals surface area contributed by atoms with Crippen LogP contribution in [0.2, 0.25) is 0 Å². The molecular formula is C22H29NO2. The number of nitrogens with zero attached hydrogens (tertiary/aromatic N) is 1. The predicted molar refractivity (Wildman–Crippen MR) is 100 cm³/mol. The molecule has 3 heteroatoms. The number of aryl methyl sites for hydroxylation is 2. The van der Waals surface area contributed by atoms with Crippen LogP contribution in [0.5, 0.6) is 0 Å². The molecule has 1 heterocycles. The van der Waals surface area contributed by atoms with Crippen molar-refractivity contribution in [1.82, 2.24) is 4.90 Å². The van der Waals surface area contributed by atoms with E-state index >= 15 is 0 Å². The largest absolute Gasteiger partial charge is 0.269 e. The number of hydrogen-bond donors (Lipinski definition) is 0. The maximum absolute atomic E-state index is 12.3. The smallest absolute Gasteiger partial charge is 0.254 e. The normalized spacial score (nSPS) is 22.1. The molecule has 134 valence electrons. The van der Waals surface area contributed by atoms with Crippen molar-refractivity contribution in [2.75, 3.05) is 0 Å². The number of rotatable bonds is 7. The average Bonchev–Trinajstić information content (AvgIpc) is 3.09. The van der Waals surface area contributed by atoms with Crippen LogP contribution in [0.1, 0.15) is 87.1 Å². The van der Waals surface area contributed by atoms with Crippen LogP contribution in [0.15, 0.2) is 24.3 Å². The van der Waals surface area contributed by atoms with E-state index in [-0.39, 0.29) is 17.9 Å². The van der Waals surface area contributed by atoms with Crippen molar-refractivity contribution in [2.24, 2.45) is 0 Å². The minimum atomic E-state index is -0.154. The van der Waals surface area contributed by atoms with Gasteiger partial charge in [0.05, 0.1) is 6.04 Å². The number of amides is 2. The topological polar surface area (TPSA) is 37.4 Å². The van der Waals surface area contributed by atoms with E-state index in [4.69, 9.17) is 0 Å². The zero-order valence-electron chi connectivity index (χ0n) is 15.7. The molecule has 1 aliphatic heterocycles. The first kappa shape index (κ1) is 17.9. The van der Waals surface area contributed by atoms with Gasteiger partial charge in [0.25, 0.3) is 11.8 Å². The molecular weight excluding hydrogens is 310 g/mol. The molecule has 1 aromatic carbocycles. The van der Waals surface area contributed by atoms with E-state index in [2.05, 4.69) is 32.9 Å². The van der Waals surface area contributed by atoms with Crippen molar-refractivity contribution < 1.29 is 9.59 Å². The molecule has 0 radical (unpaired) electrons. The minimum Gasteiger partial charge on any atom is -0.269 e. The minimum absolute atomic E-state index is 0.0845. The standard InChI is InChI=1S/C22H29NO2/c1-4-7-15-12-17(9-6-3)22-18(13-15)16(8-5-2)14-19(22)23-20(24)10-11-21(23)25/h10-13,16,19H,4-9,14H2,1-3H3/t16-,19-/m0/s1. The first-order valence-electron chi connectivity index (χ1n) is 9.81. The van der Waals surface area contributed by atoms with Crippen LogP contribution in [-0.4, -0.2) is 16.7 Å². The van der Waals surface area contributed by atoms with E-state index in [1.807, 2.05) is 0 Å². The third-order valence-electron chi connectivity index (χ3n) is 5.49. The highest BCUT2D eigenvalue weighted by atomic mass is 16.2. The molecule has 3 rings (SSSR count). The van der Waals surface area contributed by atoms with Gasteiger partial charge in [-0.2, -0.15) is 0 Å². The Balaban J connectivity index is 2.09. The third kappa shape index (κ3) is 3.29. The van der Waals surface area contributed by atoms with E-state index in [1.54, 1.807) is 0 Å². The summed E-state index contributed by atoms with van der Waals surface area (Å²) in [6.45, 7) is 6.62. The molecule has 0 bridgehead atoms. The Bertz CT molecular complexity index is 686. The first-order chi connectivity index (χ1) is 12.1. The highest BCUT2D eigenvalue weighted by Crippen LogP contribution is 2.48. The summed E-state index contributed by atoms with van der Waals surface area (Å²) < 4.78 is 0. The van der Waals surface area contributed by atoms with Crippen molar-refractivity contribution in [3.8, 4) is 0 Å². The molecule has 1 aromatic rings. The van der Waals surface area contributed by atoms with Crippen LogP contribution < -0.4 is 0 Å². The summed E-state index contributed by atoms with van der Waals surface area (Å²) in [5.41, 5.74) is 5.42. The van der Waals surface area contributed by atoms with Gasteiger partial charge < -0.3 is 0 Å². The predicted octanol–water partition coefficient (Wildman–Crippen LogP) is 4.85. The van der Waals surface area contributed by atoms with Crippen LogP contribution in [-0.2, 0) is 22.4 Å². The lowest BCUT2D eigenvalue weighted by Crippen LogP contribution is -2.33. The summed E-state index contributed by atoms with van der Waals surface area (Å²) in [4.78, 5) is 26.1. The zero-order chi connectivity index (χ0) is 18.0. The van der Waals surface area contributed by atoms with Gasteiger partial charge in [-0.3, -0.25) is 14.5 Å². The van der Waals surface area contributed by atoms with E-state index in [9.17, 15) is 9.59 Å². The fourth-order valence-corrected chi connectivity index (χ4v) is 4.55. The fourth-order valence-electron chi connectivity index (χ4n) is 4.55. The van der Waals surface area contributed by atoms with Gasteiger partial charge in [-0.1, -0.05) is 52.2 Å². The van der Waals surface area contributed by atoms with Crippen molar-refractivity contribution in [3.05, 3.63) is 46.5 Å². The van der Waals surface area contributed by atoms with Gasteiger partial charge in [0.2, 0.25) is 0 Å². The maximum atomic E-state index is 12.3. The summed E-state index contributed by atoms with van der Waals surface area (Å²) in [5.74, 6) is 0.148. The number of fused-ring (bicyclic) bond motifs is 1. The Morgan fingerprint density at radius 1 is 0.960 bits per heavy atom. The van der Waals surface area contributed by atoms with Gasteiger partial charge >= 0.3 is 0 Å². The fraction of sp³-hybridized carbons (Fsp3) is 0.545. The Labute approximate surface area is 151 Å². The summed E-state index contributed by atoms with van der Waals surface area (Å²) in [5, 5.41) is 0. The molecule has 0 unspecified atom stereocenters. The number of benzene rings is 1. The Hall–Kier alpha value is -1.90. The third-order valence-corrected chi connectivity index (χ3v) is 5.49. The van der Waals surface area contributed by atoms with E-state index < -0.39 is 0 Å². The van der Waals surface area contributed by atoms with Crippen LogP contribution in [0.3, 0.4) is 0 Å². The lowest BCUT2D eigenvalue weighted by molar-refractivity contribution is -0.139. The van der Waals surface area contributed by atoms with Gasteiger partial charge in [0.15, 0.2) is 0 Å². The monoisotopic (exact) mass is 339 g/mol. The molecule has 0 saturated carbocycles. The second-order valence-corrected chi connectivity index (χ2v) is 7.37. The summed E-state index contributed by atoms with van der Waals surface area (Å²) >= 11 is 0. The van der Waals surface area contributed by atoms with Gasteiger partial charge in [0.1, 0.15) is 0 Å². The first-order valence-corrected chi connectivity index (χ1v) is 9.81. The molecule has 0 aromatic heterocycles. The zero-order valence-corrected chi connectivity index (χ0v) is 15.7. The molecule has 0 fully saturated rings. The lowest BCUT2D eigenvalue weighted by atomic mass is 9.90. The van der Waals surface area contributed by atoms with Gasteiger partial charge in [-0.15, -0.1) is 0 Å². The number of carbonyl (C=O) groups is 2. The second kappa shape index (κ2) is 7.55. The van der Waals surface area contributed by atoms with Gasteiger partial charge in [-0.05, 0) is 53.9 Å². The molecule has 2 amide bonds. The Morgan fingerprint density at radius 2 is 1.64 bits per heavy atom. The van der Waals surface area contributed by atoms with E-state index in [1.165, 1.54) is 39.3 Å². The number of imide groups is 1. The molecule has 2 atom stereocenters. The maximum Gasteiger partial charge on any atom is 0.254 e. The van der Waals surface area contributed by atoms with Crippen molar-refractivity contribution in [1.29, 1.82) is 0 Å². The van der Waals surface area contributed by atoms with Crippen molar-refractivity contribution in [2.45, 2.75) is 77.7 Å². The molecule has 25 heavy (non-hydrogen) atoms. The average molecular weight is 339 g/mol. The van der Waals surface area contributed by atoms with Crippen LogP contribution in [0, 0.1) is 0 Å². The molecule has 0 spiro atoms. The lowest BCUT2D eigenvalue weighted by Gasteiger charge is -2.25. The number of carbonyl (C=O) groups excluding carboxylic acids is 2. The van der Waals surface area contributed by atoms with Crippen molar-refractivity contribution in [3.63, 3.8) is 0 Å². The summed E-state index contributed by atoms with van der Waals surface area (Å²) in [7, 11) is 0. The number of hydrogen-bond acceptors (Lipinski definition) is 2. The SMILES string of the molecule is CCCc1cc(CCC)c2c(c1)[C@@H](CCC)C[C@@H]2N1C(=O)C=CC1=O. The molecule has 0 N–H and O–H groups in total. The molecule has 3 nitrogen and oxygen atoms in total. The van der Waals surface area contributed by atoms with Crippen LogP contribution in [0.4, 0.5) is 0 Å². The summed E-state index contributed by atoms with van der Waals surface area (Å²) in [6, 6.07) is 4.60.